The van der Waals surface area contributed by atoms with Crippen LogP contribution < -0.4 is 5.32 Å². The highest BCUT2D eigenvalue weighted by Crippen LogP contribution is 2.26. The molecule has 5 nitrogen and oxygen atoms in total. The zero-order chi connectivity index (χ0) is 13.5. The minimum Gasteiger partial charge on any atom is -0.342 e. The molecule has 120 valence electrons. The SMILES string of the molecule is Cl.Cl.O=C(Cc1cn2ccccc2n1)N1C[C@H]2CNC[C@H]2C1. The van der Waals surface area contributed by atoms with Gasteiger partial charge in [0.1, 0.15) is 5.65 Å². The zero-order valence-electron chi connectivity index (χ0n) is 12.1. The van der Waals surface area contributed by atoms with E-state index in [1.54, 1.807) is 0 Å². The summed E-state index contributed by atoms with van der Waals surface area (Å²) in [7, 11) is 0. The number of hydrogen-bond acceptors (Lipinski definition) is 3. The lowest BCUT2D eigenvalue weighted by atomic mass is 10.0. The maximum atomic E-state index is 12.4. The summed E-state index contributed by atoms with van der Waals surface area (Å²) in [4.78, 5) is 18.9. The Morgan fingerprint density at radius 1 is 1.23 bits per heavy atom. The Labute approximate surface area is 141 Å². The number of nitrogens with zero attached hydrogens (tertiary/aromatic N) is 3. The van der Waals surface area contributed by atoms with E-state index in [-0.39, 0.29) is 30.7 Å². The summed E-state index contributed by atoms with van der Waals surface area (Å²) in [5, 5.41) is 3.40. The van der Waals surface area contributed by atoms with Gasteiger partial charge in [-0.15, -0.1) is 24.8 Å². The van der Waals surface area contributed by atoms with Gasteiger partial charge in [0.05, 0.1) is 12.1 Å². The van der Waals surface area contributed by atoms with E-state index < -0.39 is 0 Å². The van der Waals surface area contributed by atoms with Gasteiger partial charge in [-0.25, -0.2) is 4.98 Å². The third-order valence-corrected chi connectivity index (χ3v) is 4.49. The summed E-state index contributed by atoms with van der Waals surface area (Å²) >= 11 is 0. The van der Waals surface area contributed by atoms with Gasteiger partial charge in [-0.1, -0.05) is 6.07 Å². The van der Waals surface area contributed by atoms with Gasteiger partial charge in [0.25, 0.3) is 0 Å². The van der Waals surface area contributed by atoms with Crippen molar-refractivity contribution >= 4 is 36.4 Å². The molecule has 0 spiro atoms. The average Bonchev–Trinajstić information content (AvgIpc) is 3.11. The largest absolute Gasteiger partial charge is 0.342 e. The Morgan fingerprint density at radius 2 is 1.95 bits per heavy atom. The second kappa shape index (κ2) is 6.86. The molecule has 2 atom stereocenters. The minimum atomic E-state index is 0. The lowest BCUT2D eigenvalue weighted by Gasteiger charge is -2.16. The van der Waals surface area contributed by atoms with E-state index in [1.807, 2.05) is 39.9 Å². The van der Waals surface area contributed by atoms with Crippen molar-refractivity contribution in [2.24, 2.45) is 11.8 Å². The number of amides is 1. The first-order chi connectivity index (χ1) is 9.79. The van der Waals surface area contributed by atoms with E-state index >= 15 is 0 Å². The van der Waals surface area contributed by atoms with E-state index in [0.717, 1.165) is 37.5 Å². The number of hydrogen-bond donors (Lipinski definition) is 1. The van der Waals surface area contributed by atoms with Crippen molar-refractivity contribution in [3.63, 3.8) is 0 Å². The molecule has 0 aromatic carbocycles. The Balaban J connectivity index is 0.000000882. The molecule has 0 radical (unpaired) electrons. The number of fused-ring (bicyclic) bond motifs is 2. The fourth-order valence-electron chi connectivity index (χ4n) is 3.40. The molecule has 2 aliphatic rings. The maximum Gasteiger partial charge on any atom is 0.228 e. The molecule has 4 heterocycles. The number of rotatable bonds is 2. The van der Waals surface area contributed by atoms with Crippen LogP contribution in [0.3, 0.4) is 0 Å². The first-order valence-electron chi connectivity index (χ1n) is 7.21. The highest BCUT2D eigenvalue weighted by Gasteiger charge is 2.37. The van der Waals surface area contributed by atoms with Gasteiger partial charge in [0.15, 0.2) is 0 Å². The maximum absolute atomic E-state index is 12.4. The van der Waals surface area contributed by atoms with Crippen LogP contribution in [0.4, 0.5) is 0 Å². The molecule has 2 aromatic rings. The zero-order valence-corrected chi connectivity index (χ0v) is 13.8. The molecule has 7 heteroatoms. The van der Waals surface area contributed by atoms with Crippen molar-refractivity contribution in [2.75, 3.05) is 26.2 Å². The van der Waals surface area contributed by atoms with Crippen LogP contribution in [0, 0.1) is 11.8 Å². The standard InChI is InChI=1S/C15H18N4O.2ClH/c20-15(19-8-11-6-16-7-12(11)9-19)5-13-10-18-4-2-1-3-14(18)17-13;;/h1-4,10-12,16H,5-9H2;2*1H/t11-,12+;;. The lowest BCUT2D eigenvalue weighted by molar-refractivity contribution is -0.129. The molecule has 0 aliphatic carbocycles. The quantitative estimate of drug-likeness (QED) is 0.897. The van der Waals surface area contributed by atoms with Gasteiger partial charge in [0, 0.05) is 38.6 Å². The van der Waals surface area contributed by atoms with Gasteiger partial charge in [-0.3, -0.25) is 4.79 Å². The van der Waals surface area contributed by atoms with Gasteiger partial charge < -0.3 is 14.6 Å². The van der Waals surface area contributed by atoms with Crippen LogP contribution in [0.5, 0.6) is 0 Å². The summed E-state index contributed by atoms with van der Waals surface area (Å²) in [6.45, 7) is 3.93. The number of likely N-dealkylation sites (tertiary alicyclic amines) is 1. The minimum absolute atomic E-state index is 0. The van der Waals surface area contributed by atoms with E-state index in [2.05, 4.69) is 10.3 Å². The van der Waals surface area contributed by atoms with Crippen molar-refractivity contribution in [3.05, 3.63) is 36.3 Å². The van der Waals surface area contributed by atoms with Crippen molar-refractivity contribution in [2.45, 2.75) is 6.42 Å². The second-order valence-electron chi connectivity index (χ2n) is 5.85. The number of carbonyl (C=O) groups is 1. The van der Waals surface area contributed by atoms with E-state index in [9.17, 15) is 4.79 Å². The molecule has 1 N–H and O–H groups in total. The van der Waals surface area contributed by atoms with Crippen LogP contribution >= 0.6 is 24.8 Å². The molecule has 0 saturated carbocycles. The number of nitrogens with one attached hydrogen (secondary N) is 1. The lowest BCUT2D eigenvalue weighted by Crippen LogP contribution is -2.33. The Kier molecular flexibility index (Phi) is 5.32. The summed E-state index contributed by atoms with van der Waals surface area (Å²) < 4.78 is 1.96. The van der Waals surface area contributed by atoms with Crippen LogP contribution in [0.2, 0.25) is 0 Å². The van der Waals surface area contributed by atoms with Crippen LogP contribution in [0.1, 0.15) is 5.69 Å². The number of carbonyl (C=O) groups excluding carboxylic acids is 1. The monoisotopic (exact) mass is 342 g/mol. The predicted octanol–water partition coefficient (Wildman–Crippen LogP) is 1.40. The predicted molar refractivity (Wildman–Crippen MR) is 89.8 cm³/mol. The van der Waals surface area contributed by atoms with Crippen molar-refractivity contribution in [1.82, 2.24) is 19.6 Å². The Morgan fingerprint density at radius 3 is 2.64 bits per heavy atom. The first-order valence-corrected chi connectivity index (χ1v) is 7.21. The second-order valence-corrected chi connectivity index (χ2v) is 5.85. The fraction of sp³-hybridized carbons (Fsp3) is 0.467. The van der Waals surface area contributed by atoms with Crippen LogP contribution in [-0.4, -0.2) is 46.4 Å². The normalized spacial score (nSPS) is 23.0. The van der Waals surface area contributed by atoms with Crippen LogP contribution in [-0.2, 0) is 11.2 Å². The molecule has 2 aliphatic heterocycles. The molecule has 0 bridgehead atoms. The molecule has 22 heavy (non-hydrogen) atoms. The third kappa shape index (κ3) is 3.07. The number of pyridine rings is 1. The summed E-state index contributed by atoms with van der Waals surface area (Å²) in [6.07, 6.45) is 4.32. The summed E-state index contributed by atoms with van der Waals surface area (Å²) in [5.74, 6) is 1.52. The number of aromatic nitrogens is 2. The molecule has 4 rings (SSSR count). The highest BCUT2D eigenvalue weighted by molar-refractivity contribution is 5.85. The van der Waals surface area contributed by atoms with Gasteiger partial charge >= 0.3 is 0 Å². The molecule has 2 saturated heterocycles. The molecule has 2 fully saturated rings. The van der Waals surface area contributed by atoms with E-state index in [0.29, 0.717) is 18.3 Å². The third-order valence-electron chi connectivity index (χ3n) is 4.49. The van der Waals surface area contributed by atoms with Gasteiger partial charge in [0.2, 0.25) is 5.91 Å². The van der Waals surface area contributed by atoms with Crippen molar-refractivity contribution in [3.8, 4) is 0 Å². The molecule has 1 amide bonds. The molecule has 2 aromatic heterocycles. The summed E-state index contributed by atoms with van der Waals surface area (Å²) in [5.41, 5.74) is 1.76. The van der Waals surface area contributed by atoms with Crippen LogP contribution in [0.15, 0.2) is 30.6 Å². The molecule has 0 unspecified atom stereocenters. The van der Waals surface area contributed by atoms with Crippen molar-refractivity contribution in [1.29, 1.82) is 0 Å². The van der Waals surface area contributed by atoms with Crippen LogP contribution in [0.25, 0.3) is 5.65 Å². The number of halogens is 2. The molecular weight excluding hydrogens is 323 g/mol. The Bertz CT molecular complexity index is 615. The first kappa shape index (κ1) is 17.1. The molecular formula is C15H20Cl2N4O. The van der Waals surface area contributed by atoms with Gasteiger partial charge in [-0.05, 0) is 24.0 Å². The summed E-state index contributed by atoms with van der Waals surface area (Å²) in [6, 6.07) is 5.89. The highest BCUT2D eigenvalue weighted by atomic mass is 35.5. The van der Waals surface area contributed by atoms with E-state index in [4.69, 9.17) is 0 Å². The fourth-order valence-corrected chi connectivity index (χ4v) is 3.40. The smallest absolute Gasteiger partial charge is 0.228 e. The van der Waals surface area contributed by atoms with E-state index in [1.165, 1.54) is 0 Å². The Hall–Kier alpha value is -1.30. The van der Waals surface area contributed by atoms with Crippen molar-refractivity contribution < 1.29 is 4.79 Å². The topological polar surface area (TPSA) is 49.6 Å². The average molecular weight is 343 g/mol. The van der Waals surface area contributed by atoms with Gasteiger partial charge in [-0.2, -0.15) is 0 Å². The number of imidazole rings is 1.